The minimum atomic E-state index is 0.0533. The van der Waals surface area contributed by atoms with Gasteiger partial charge in [-0.25, -0.2) is 0 Å². The van der Waals surface area contributed by atoms with E-state index in [9.17, 15) is 0 Å². The van der Waals surface area contributed by atoms with Crippen molar-refractivity contribution in [3.8, 4) is 5.75 Å². The van der Waals surface area contributed by atoms with Crippen molar-refractivity contribution >= 4 is 17.7 Å². The standard InChI is InChI=1S/C20H33N3O2S/c1-5-21-19(23-15-20(26-4)10-12-24-13-11-20)22-14-17(3)25-18-9-7-6-8-16(18)2/h6-9,17H,5,10-15H2,1-4H3,(H2,21,22,23). The van der Waals surface area contributed by atoms with Crippen LogP contribution in [0.1, 0.15) is 32.3 Å². The molecule has 0 aromatic heterocycles. The van der Waals surface area contributed by atoms with Crippen LogP contribution in [0, 0.1) is 6.92 Å². The summed E-state index contributed by atoms with van der Waals surface area (Å²) in [7, 11) is 0. The molecule has 1 aromatic rings. The highest BCUT2D eigenvalue weighted by molar-refractivity contribution is 8.00. The maximum absolute atomic E-state index is 6.04. The number of hydrogen-bond donors (Lipinski definition) is 2. The third kappa shape index (κ3) is 6.40. The molecule has 0 bridgehead atoms. The summed E-state index contributed by atoms with van der Waals surface area (Å²) in [5, 5.41) is 6.75. The van der Waals surface area contributed by atoms with E-state index in [2.05, 4.69) is 43.7 Å². The van der Waals surface area contributed by atoms with E-state index in [4.69, 9.17) is 14.5 Å². The van der Waals surface area contributed by atoms with Crippen LogP contribution >= 0.6 is 11.8 Å². The molecular formula is C20H33N3O2S. The van der Waals surface area contributed by atoms with Crippen LogP contribution < -0.4 is 15.4 Å². The second-order valence-corrected chi connectivity index (χ2v) is 8.04. The molecule has 1 atom stereocenters. The van der Waals surface area contributed by atoms with Gasteiger partial charge in [-0.05, 0) is 51.5 Å². The summed E-state index contributed by atoms with van der Waals surface area (Å²) >= 11 is 1.91. The highest BCUT2D eigenvalue weighted by Gasteiger charge is 2.31. The van der Waals surface area contributed by atoms with Gasteiger partial charge in [0.05, 0.1) is 13.1 Å². The van der Waals surface area contributed by atoms with Gasteiger partial charge in [-0.3, -0.25) is 4.99 Å². The van der Waals surface area contributed by atoms with Gasteiger partial charge in [0, 0.05) is 24.5 Å². The Bertz CT molecular complexity index is 574. The van der Waals surface area contributed by atoms with E-state index in [0.29, 0.717) is 6.54 Å². The van der Waals surface area contributed by atoms with Crippen molar-refractivity contribution in [1.29, 1.82) is 0 Å². The average molecular weight is 380 g/mol. The molecule has 0 saturated carbocycles. The van der Waals surface area contributed by atoms with Gasteiger partial charge in [0.2, 0.25) is 0 Å². The molecule has 26 heavy (non-hydrogen) atoms. The Balaban J connectivity index is 1.89. The Kier molecular flexibility index (Phi) is 8.59. The van der Waals surface area contributed by atoms with Crippen LogP contribution in [0.3, 0.4) is 0 Å². The predicted octanol–water partition coefficient (Wildman–Crippen LogP) is 3.23. The fraction of sp³-hybridized carbons (Fsp3) is 0.650. The quantitative estimate of drug-likeness (QED) is 0.536. The molecule has 1 heterocycles. The molecule has 0 spiro atoms. The molecule has 0 radical (unpaired) electrons. The van der Waals surface area contributed by atoms with Gasteiger partial charge in [-0.2, -0.15) is 11.8 Å². The molecule has 0 aliphatic carbocycles. The fourth-order valence-corrected chi connectivity index (χ4v) is 3.69. The first-order chi connectivity index (χ1) is 12.6. The number of aryl methyl sites for hydroxylation is 1. The molecule has 0 amide bonds. The maximum Gasteiger partial charge on any atom is 0.191 e. The number of hydrogen-bond acceptors (Lipinski definition) is 4. The molecule has 146 valence electrons. The molecule has 1 unspecified atom stereocenters. The van der Waals surface area contributed by atoms with Crippen LogP contribution in [0.15, 0.2) is 29.3 Å². The number of nitrogens with one attached hydrogen (secondary N) is 2. The lowest BCUT2D eigenvalue weighted by atomic mass is 9.99. The second kappa shape index (κ2) is 10.7. The minimum Gasteiger partial charge on any atom is -0.489 e. The van der Waals surface area contributed by atoms with Gasteiger partial charge in [-0.15, -0.1) is 0 Å². The normalized spacial score (nSPS) is 18.2. The van der Waals surface area contributed by atoms with Gasteiger partial charge in [0.25, 0.3) is 0 Å². The third-order valence-corrected chi connectivity index (χ3v) is 6.09. The molecule has 2 N–H and O–H groups in total. The molecule has 6 heteroatoms. The minimum absolute atomic E-state index is 0.0533. The number of guanidine groups is 1. The van der Waals surface area contributed by atoms with Crippen molar-refractivity contribution in [2.45, 2.75) is 44.5 Å². The second-order valence-electron chi connectivity index (χ2n) is 6.77. The first-order valence-electron chi connectivity index (χ1n) is 9.46. The molecule has 1 aromatic carbocycles. The van der Waals surface area contributed by atoms with E-state index in [1.54, 1.807) is 0 Å². The zero-order chi connectivity index (χ0) is 18.8. The zero-order valence-electron chi connectivity index (χ0n) is 16.5. The summed E-state index contributed by atoms with van der Waals surface area (Å²) in [6.45, 7) is 10.2. The SMILES string of the molecule is CCNC(=NCC1(SC)CCOCC1)NCC(C)Oc1ccccc1C. The molecular weight excluding hydrogens is 346 g/mol. The number of rotatable bonds is 8. The summed E-state index contributed by atoms with van der Waals surface area (Å²) in [5.74, 6) is 1.79. The summed E-state index contributed by atoms with van der Waals surface area (Å²) in [5.41, 5.74) is 1.15. The Hall–Kier alpha value is -1.40. The van der Waals surface area contributed by atoms with Crippen LogP contribution in [0.5, 0.6) is 5.75 Å². The van der Waals surface area contributed by atoms with E-state index >= 15 is 0 Å². The first kappa shape index (κ1) is 20.9. The van der Waals surface area contributed by atoms with Crippen molar-refractivity contribution < 1.29 is 9.47 Å². The van der Waals surface area contributed by atoms with E-state index in [-0.39, 0.29) is 10.9 Å². The van der Waals surface area contributed by atoms with E-state index < -0.39 is 0 Å². The van der Waals surface area contributed by atoms with Gasteiger partial charge < -0.3 is 20.1 Å². The zero-order valence-corrected chi connectivity index (χ0v) is 17.3. The highest BCUT2D eigenvalue weighted by Crippen LogP contribution is 2.33. The van der Waals surface area contributed by atoms with E-state index in [1.807, 2.05) is 30.0 Å². The van der Waals surface area contributed by atoms with Crippen LogP contribution in [0.2, 0.25) is 0 Å². The Labute approximate surface area is 162 Å². The van der Waals surface area contributed by atoms with Crippen molar-refractivity contribution in [2.24, 2.45) is 4.99 Å². The number of ether oxygens (including phenoxy) is 2. The predicted molar refractivity (Wildman–Crippen MR) is 112 cm³/mol. The number of benzene rings is 1. The van der Waals surface area contributed by atoms with Crippen molar-refractivity contribution in [3.05, 3.63) is 29.8 Å². The fourth-order valence-electron chi connectivity index (χ4n) is 2.92. The Morgan fingerprint density at radius 3 is 2.69 bits per heavy atom. The van der Waals surface area contributed by atoms with E-state index in [1.165, 1.54) is 0 Å². The van der Waals surface area contributed by atoms with Crippen molar-refractivity contribution in [2.75, 3.05) is 39.1 Å². The van der Waals surface area contributed by atoms with Crippen LogP contribution in [0.4, 0.5) is 0 Å². The topological polar surface area (TPSA) is 54.9 Å². The number of aliphatic imine (C=N–C) groups is 1. The lowest BCUT2D eigenvalue weighted by molar-refractivity contribution is 0.0794. The molecule has 1 fully saturated rings. The summed E-state index contributed by atoms with van der Waals surface area (Å²) in [6.07, 6.45) is 4.35. The smallest absolute Gasteiger partial charge is 0.191 e. The molecule has 1 saturated heterocycles. The highest BCUT2D eigenvalue weighted by atomic mass is 32.2. The number of thioether (sulfide) groups is 1. The van der Waals surface area contributed by atoms with Crippen molar-refractivity contribution in [1.82, 2.24) is 10.6 Å². The van der Waals surface area contributed by atoms with Gasteiger partial charge in [0.15, 0.2) is 5.96 Å². The Morgan fingerprint density at radius 1 is 1.31 bits per heavy atom. The van der Waals surface area contributed by atoms with Gasteiger partial charge >= 0.3 is 0 Å². The molecule has 5 nitrogen and oxygen atoms in total. The van der Waals surface area contributed by atoms with Gasteiger partial charge in [-0.1, -0.05) is 18.2 Å². The van der Waals surface area contributed by atoms with Gasteiger partial charge in [0.1, 0.15) is 11.9 Å². The maximum atomic E-state index is 6.04. The van der Waals surface area contributed by atoms with Crippen LogP contribution in [-0.2, 0) is 4.74 Å². The summed E-state index contributed by atoms with van der Waals surface area (Å²) in [4.78, 5) is 4.84. The van der Waals surface area contributed by atoms with Crippen LogP contribution in [0.25, 0.3) is 0 Å². The molecule has 1 aliphatic rings. The van der Waals surface area contributed by atoms with Crippen LogP contribution in [-0.4, -0.2) is 55.9 Å². The number of nitrogens with zero attached hydrogens (tertiary/aromatic N) is 1. The third-order valence-electron chi connectivity index (χ3n) is 4.69. The molecule has 2 rings (SSSR count). The summed E-state index contributed by atoms with van der Waals surface area (Å²) < 4.78 is 11.8. The van der Waals surface area contributed by atoms with Crippen molar-refractivity contribution in [3.63, 3.8) is 0 Å². The number of para-hydroxylation sites is 1. The molecule has 1 aliphatic heterocycles. The van der Waals surface area contributed by atoms with E-state index in [0.717, 1.165) is 56.4 Å². The Morgan fingerprint density at radius 2 is 2.04 bits per heavy atom. The lowest BCUT2D eigenvalue weighted by Gasteiger charge is -2.34. The first-order valence-corrected chi connectivity index (χ1v) is 10.7. The average Bonchev–Trinajstić information content (AvgIpc) is 2.66. The lowest BCUT2D eigenvalue weighted by Crippen LogP contribution is -2.43. The largest absolute Gasteiger partial charge is 0.489 e. The monoisotopic (exact) mass is 379 g/mol. The summed E-state index contributed by atoms with van der Waals surface area (Å²) in [6, 6.07) is 8.11.